The third-order valence-electron chi connectivity index (χ3n) is 2.05. The van der Waals surface area contributed by atoms with E-state index < -0.39 is 0 Å². The molecule has 0 aromatic heterocycles. The quantitative estimate of drug-likeness (QED) is 0.457. The van der Waals surface area contributed by atoms with E-state index in [1.165, 1.54) is 0 Å². The van der Waals surface area contributed by atoms with Crippen molar-refractivity contribution in [1.29, 1.82) is 0 Å². The van der Waals surface area contributed by atoms with Gasteiger partial charge in [-0.2, -0.15) is 0 Å². The minimum atomic E-state index is -0.336. The Labute approximate surface area is 71.2 Å². The summed E-state index contributed by atoms with van der Waals surface area (Å²) in [5.41, 5.74) is 1.17. The molecule has 0 saturated carbocycles. The van der Waals surface area contributed by atoms with Crippen LogP contribution in [0.1, 0.15) is 25.7 Å². The average molecular weight is 165 g/mol. The van der Waals surface area contributed by atoms with Gasteiger partial charge in [0.05, 0.1) is 0 Å². The average Bonchev–Trinajstić information content (AvgIpc) is 2.16. The molecule has 3 nitrogen and oxygen atoms in total. The normalized spacial score (nSPS) is 17.3. The molecular weight excluding hydrogens is 154 g/mol. The molecule has 64 valence electrons. The molecule has 0 spiro atoms. The molecule has 0 unspecified atom stereocenters. The third-order valence-corrected chi connectivity index (χ3v) is 2.05. The summed E-state index contributed by atoms with van der Waals surface area (Å²) in [6.07, 6.45) is 4.10. The van der Waals surface area contributed by atoms with Gasteiger partial charge in [-0.15, -0.1) is 0 Å². The van der Waals surface area contributed by atoms with E-state index in [0.717, 1.165) is 19.1 Å². The predicted octanol–water partition coefficient (Wildman–Crippen LogP) is 1.28. The van der Waals surface area contributed by atoms with Gasteiger partial charge in [0.2, 0.25) is 0 Å². The number of allylic oxidation sites excluding steroid dienone is 1. The molecule has 0 atom stereocenters. The zero-order chi connectivity index (χ0) is 8.97. The second-order valence-electron chi connectivity index (χ2n) is 2.79. The highest BCUT2D eigenvalue weighted by atomic mass is 16.1. The molecule has 0 aromatic carbocycles. The lowest BCUT2D eigenvalue weighted by Gasteiger charge is -2.12. The van der Waals surface area contributed by atoms with Crippen LogP contribution in [-0.4, -0.2) is 18.9 Å². The van der Waals surface area contributed by atoms with Crippen LogP contribution >= 0.6 is 0 Å². The summed E-state index contributed by atoms with van der Waals surface area (Å²) in [7, 11) is 0. The molecule has 3 heteroatoms. The van der Waals surface area contributed by atoms with Gasteiger partial charge < -0.3 is 0 Å². The van der Waals surface area contributed by atoms with E-state index in [9.17, 15) is 9.59 Å². The zero-order valence-corrected chi connectivity index (χ0v) is 6.88. The number of rotatable bonds is 2. The van der Waals surface area contributed by atoms with Crippen molar-refractivity contribution < 1.29 is 9.59 Å². The van der Waals surface area contributed by atoms with Crippen LogP contribution in [0.25, 0.3) is 0 Å². The Morgan fingerprint density at radius 1 is 1.42 bits per heavy atom. The molecule has 0 heterocycles. The van der Waals surface area contributed by atoms with Crippen LogP contribution in [0.5, 0.6) is 0 Å². The van der Waals surface area contributed by atoms with Crippen molar-refractivity contribution in [2.45, 2.75) is 25.7 Å². The number of hydrogen-bond donors (Lipinski definition) is 0. The number of amides is 1. The molecule has 1 aliphatic rings. The Kier molecular flexibility index (Phi) is 2.91. The van der Waals surface area contributed by atoms with Gasteiger partial charge in [-0.3, -0.25) is 9.59 Å². The fourth-order valence-corrected chi connectivity index (χ4v) is 1.40. The summed E-state index contributed by atoms with van der Waals surface area (Å²) >= 11 is 0. The van der Waals surface area contributed by atoms with E-state index in [2.05, 4.69) is 11.7 Å². The first-order valence-corrected chi connectivity index (χ1v) is 3.98. The van der Waals surface area contributed by atoms with Crippen molar-refractivity contribution in [3.05, 3.63) is 11.1 Å². The van der Waals surface area contributed by atoms with Crippen LogP contribution in [0, 0.1) is 0 Å². The SMILES string of the molecule is C=NC(=O)C1=C(C=O)CCCC1. The number of hydrogen-bond acceptors (Lipinski definition) is 2. The molecule has 0 bridgehead atoms. The molecular formula is C9H11NO2. The van der Waals surface area contributed by atoms with E-state index in [-0.39, 0.29) is 5.91 Å². The first-order valence-electron chi connectivity index (χ1n) is 3.98. The van der Waals surface area contributed by atoms with Gasteiger partial charge in [-0.25, -0.2) is 4.99 Å². The standard InChI is InChI=1S/C9H11NO2/c1-10-9(12)8-5-3-2-4-7(8)6-11/h6H,1-5H2. The second-order valence-corrected chi connectivity index (χ2v) is 2.79. The Hall–Kier alpha value is -1.25. The predicted molar refractivity (Wildman–Crippen MR) is 46.1 cm³/mol. The highest BCUT2D eigenvalue weighted by molar-refractivity contribution is 6.01. The summed E-state index contributed by atoms with van der Waals surface area (Å²) < 4.78 is 0. The molecule has 1 aliphatic carbocycles. The van der Waals surface area contributed by atoms with Crippen molar-refractivity contribution >= 4 is 18.9 Å². The van der Waals surface area contributed by atoms with Gasteiger partial charge in [-0.1, -0.05) is 0 Å². The van der Waals surface area contributed by atoms with Gasteiger partial charge in [0.15, 0.2) is 0 Å². The lowest BCUT2D eigenvalue weighted by Crippen LogP contribution is -2.08. The number of aldehydes is 1. The molecule has 1 amide bonds. The van der Waals surface area contributed by atoms with Gasteiger partial charge in [0.25, 0.3) is 5.91 Å². The van der Waals surface area contributed by atoms with Crippen LogP contribution in [0.15, 0.2) is 16.1 Å². The smallest absolute Gasteiger partial charge is 0.272 e. The largest absolute Gasteiger partial charge is 0.298 e. The van der Waals surface area contributed by atoms with Crippen LogP contribution in [0.3, 0.4) is 0 Å². The Morgan fingerprint density at radius 2 is 2.08 bits per heavy atom. The van der Waals surface area contributed by atoms with Crippen LogP contribution in [-0.2, 0) is 9.59 Å². The molecule has 0 aliphatic heterocycles. The summed E-state index contributed by atoms with van der Waals surface area (Å²) in [6, 6.07) is 0. The lowest BCUT2D eigenvalue weighted by atomic mass is 9.92. The maximum atomic E-state index is 11.1. The molecule has 0 aromatic rings. The molecule has 0 saturated heterocycles. The summed E-state index contributed by atoms with van der Waals surface area (Å²) in [4.78, 5) is 24.9. The van der Waals surface area contributed by atoms with E-state index >= 15 is 0 Å². The minimum absolute atomic E-state index is 0.336. The molecule has 1 rings (SSSR count). The number of nitrogens with zero attached hydrogens (tertiary/aromatic N) is 1. The van der Waals surface area contributed by atoms with E-state index in [0.29, 0.717) is 24.0 Å². The number of carbonyl (C=O) groups is 2. The fourth-order valence-electron chi connectivity index (χ4n) is 1.40. The molecule has 0 radical (unpaired) electrons. The maximum Gasteiger partial charge on any atom is 0.272 e. The highest BCUT2D eigenvalue weighted by Gasteiger charge is 2.17. The van der Waals surface area contributed by atoms with Crippen LogP contribution < -0.4 is 0 Å². The highest BCUT2D eigenvalue weighted by Crippen LogP contribution is 2.23. The van der Waals surface area contributed by atoms with Gasteiger partial charge in [-0.05, 0) is 32.4 Å². The van der Waals surface area contributed by atoms with Gasteiger partial charge in [0.1, 0.15) is 6.29 Å². The zero-order valence-electron chi connectivity index (χ0n) is 6.88. The van der Waals surface area contributed by atoms with Gasteiger partial charge >= 0.3 is 0 Å². The molecule has 0 fully saturated rings. The minimum Gasteiger partial charge on any atom is -0.298 e. The first-order chi connectivity index (χ1) is 5.79. The monoisotopic (exact) mass is 165 g/mol. The fraction of sp³-hybridized carbons (Fsp3) is 0.444. The van der Waals surface area contributed by atoms with Crippen LogP contribution in [0.4, 0.5) is 0 Å². The topological polar surface area (TPSA) is 46.5 Å². The maximum absolute atomic E-state index is 11.1. The molecule has 0 N–H and O–H groups in total. The lowest BCUT2D eigenvalue weighted by molar-refractivity contribution is -0.115. The van der Waals surface area contributed by atoms with Crippen molar-refractivity contribution in [2.24, 2.45) is 4.99 Å². The summed E-state index contributed by atoms with van der Waals surface area (Å²) in [6.45, 7) is 3.15. The van der Waals surface area contributed by atoms with Crippen molar-refractivity contribution in [1.82, 2.24) is 0 Å². The van der Waals surface area contributed by atoms with Crippen LogP contribution in [0.2, 0.25) is 0 Å². The number of aliphatic imine (C=N–C) groups is 1. The summed E-state index contributed by atoms with van der Waals surface area (Å²) in [5, 5.41) is 0. The Balaban J connectivity index is 2.94. The Bertz CT molecular complexity index is 253. The number of carbonyl (C=O) groups excluding carboxylic acids is 2. The van der Waals surface area contributed by atoms with E-state index in [4.69, 9.17) is 0 Å². The van der Waals surface area contributed by atoms with Crippen molar-refractivity contribution in [2.75, 3.05) is 0 Å². The first kappa shape index (κ1) is 8.84. The van der Waals surface area contributed by atoms with Crippen molar-refractivity contribution in [3.8, 4) is 0 Å². The van der Waals surface area contributed by atoms with E-state index in [1.54, 1.807) is 0 Å². The van der Waals surface area contributed by atoms with Gasteiger partial charge in [0, 0.05) is 11.1 Å². The summed E-state index contributed by atoms with van der Waals surface area (Å²) in [5.74, 6) is -0.336. The molecule has 12 heavy (non-hydrogen) atoms. The second kappa shape index (κ2) is 3.95. The Morgan fingerprint density at radius 3 is 2.67 bits per heavy atom. The van der Waals surface area contributed by atoms with E-state index in [1.807, 2.05) is 0 Å². The van der Waals surface area contributed by atoms with Crippen molar-refractivity contribution in [3.63, 3.8) is 0 Å². The third kappa shape index (κ3) is 1.67.